The second kappa shape index (κ2) is 8.72. The van der Waals surface area contributed by atoms with E-state index in [4.69, 9.17) is 4.74 Å². The van der Waals surface area contributed by atoms with E-state index in [1.165, 1.54) is 11.8 Å². The van der Waals surface area contributed by atoms with E-state index in [9.17, 15) is 4.79 Å². The Bertz CT molecular complexity index is 1380. The van der Waals surface area contributed by atoms with Gasteiger partial charge in [-0.25, -0.2) is 4.52 Å². The molecule has 0 radical (unpaired) electrons. The topological polar surface area (TPSA) is 85.8 Å². The van der Waals surface area contributed by atoms with Crippen LogP contribution in [0.25, 0.3) is 22.4 Å². The van der Waals surface area contributed by atoms with E-state index in [0.717, 1.165) is 28.1 Å². The highest BCUT2D eigenvalue weighted by Gasteiger charge is 2.14. The van der Waals surface area contributed by atoms with Crippen molar-refractivity contribution in [1.82, 2.24) is 29.5 Å². The van der Waals surface area contributed by atoms with Crippen molar-refractivity contribution in [2.75, 3.05) is 12.9 Å². The fraction of sp³-hybridized carbons (Fsp3) is 0.130. The maximum atomic E-state index is 12.3. The molecule has 2 aromatic carbocycles. The quantitative estimate of drug-likeness (QED) is 0.387. The first-order valence-corrected chi connectivity index (χ1v) is 11.0. The van der Waals surface area contributed by atoms with Crippen molar-refractivity contribution < 1.29 is 9.53 Å². The van der Waals surface area contributed by atoms with Crippen molar-refractivity contribution in [3.05, 3.63) is 78.6 Å². The Hall–Kier alpha value is -3.85. The second-order valence-electron chi connectivity index (χ2n) is 7.11. The molecule has 1 N–H and O–H groups in total. The monoisotopic (exact) mass is 444 g/mol. The summed E-state index contributed by atoms with van der Waals surface area (Å²) in [7, 11) is 1.64. The number of amides is 1. The number of ether oxygens (including phenoxy) is 1. The molecule has 0 saturated carbocycles. The fourth-order valence-corrected chi connectivity index (χ4v) is 4.12. The van der Waals surface area contributed by atoms with E-state index in [2.05, 4.69) is 20.6 Å². The molecule has 0 saturated heterocycles. The minimum absolute atomic E-state index is 0.0529. The maximum Gasteiger partial charge on any atom is 0.230 e. The van der Waals surface area contributed by atoms with Gasteiger partial charge >= 0.3 is 0 Å². The molecule has 3 heterocycles. The van der Waals surface area contributed by atoms with Crippen LogP contribution in [0.15, 0.2) is 78.2 Å². The summed E-state index contributed by atoms with van der Waals surface area (Å²) in [4.78, 5) is 12.3. The maximum absolute atomic E-state index is 12.3. The first kappa shape index (κ1) is 20.1. The van der Waals surface area contributed by atoms with Gasteiger partial charge in [-0.3, -0.25) is 9.20 Å². The van der Waals surface area contributed by atoms with E-state index in [-0.39, 0.29) is 11.7 Å². The number of benzene rings is 2. The summed E-state index contributed by atoms with van der Waals surface area (Å²) in [6.45, 7) is 0.505. The molecule has 5 rings (SSSR count). The van der Waals surface area contributed by atoms with Crippen LogP contribution >= 0.6 is 11.8 Å². The lowest BCUT2D eigenvalue weighted by atomic mass is 10.1. The highest BCUT2D eigenvalue weighted by molar-refractivity contribution is 7.99. The Kier molecular flexibility index (Phi) is 5.47. The Morgan fingerprint density at radius 2 is 1.88 bits per heavy atom. The first-order valence-electron chi connectivity index (χ1n) is 10.0. The molecule has 0 bridgehead atoms. The molecular formula is C23H20N6O2S. The summed E-state index contributed by atoms with van der Waals surface area (Å²) in [5, 5.41) is 16.8. The number of hydrogen-bond acceptors (Lipinski definition) is 6. The third kappa shape index (κ3) is 4.02. The highest BCUT2D eigenvalue weighted by atomic mass is 32.2. The van der Waals surface area contributed by atoms with Crippen LogP contribution in [0, 0.1) is 0 Å². The lowest BCUT2D eigenvalue weighted by Crippen LogP contribution is -2.24. The average molecular weight is 445 g/mol. The molecule has 9 heteroatoms. The lowest BCUT2D eigenvalue weighted by molar-refractivity contribution is -0.118. The van der Waals surface area contributed by atoms with Gasteiger partial charge in [-0.05, 0) is 35.9 Å². The van der Waals surface area contributed by atoms with Gasteiger partial charge < -0.3 is 10.1 Å². The number of carbonyl (C=O) groups excluding carboxylic acids is 1. The van der Waals surface area contributed by atoms with Gasteiger partial charge in [0.2, 0.25) is 5.91 Å². The van der Waals surface area contributed by atoms with Gasteiger partial charge in [0.05, 0.1) is 18.6 Å². The van der Waals surface area contributed by atoms with Crippen molar-refractivity contribution in [1.29, 1.82) is 0 Å². The summed E-state index contributed by atoms with van der Waals surface area (Å²) in [6, 6.07) is 19.6. The average Bonchev–Trinajstić information content (AvgIpc) is 3.46. The summed E-state index contributed by atoms with van der Waals surface area (Å²) >= 11 is 1.35. The van der Waals surface area contributed by atoms with Gasteiger partial charge in [-0.1, -0.05) is 42.1 Å². The summed E-state index contributed by atoms with van der Waals surface area (Å²) in [5.41, 5.74) is 4.41. The van der Waals surface area contributed by atoms with E-state index < -0.39 is 0 Å². The Balaban J connectivity index is 1.32. The van der Waals surface area contributed by atoms with Crippen LogP contribution < -0.4 is 10.1 Å². The third-order valence-corrected chi connectivity index (χ3v) is 5.98. The minimum atomic E-state index is -0.0529. The molecule has 0 aliphatic carbocycles. The zero-order chi connectivity index (χ0) is 21.9. The number of aromatic nitrogens is 5. The van der Waals surface area contributed by atoms with Crippen LogP contribution in [-0.2, 0) is 11.3 Å². The molecule has 0 aliphatic heterocycles. The van der Waals surface area contributed by atoms with Gasteiger partial charge in [0.25, 0.3) is 0 Å². The van der Waals surface area contributed by atoms with Crippen LogP contribution in [0.4, 0.5) is 0 Å². The number of nitrogens with zero attached hydrogens (tertiary/aromatic N) is 5. The molecule has 0 fully saturated rings. The van der Waals surface area contributed by atoms with Crippen LogP contribution in [0.1, 0.15) is 5.56 Å². The van der Waals surface area contributed by atoms with Gasteiger partial charge in [-0.2, -0.15) is 5.10 Å². The number of carbonyl (C=O) groups is 1. The molecule has 5 aromatic rings. The standard InChI is InChI=1S/C23H20N6O2S/c1-31-18-9-7-17(8-10-18)19-13-20-22-25-26-23(28(22)11-12-29(20)27-19)32-15-21(30)24-14-16-5-3-2-4-6-16/h2-13H,14-15H2,1H3,(H,24,30). The Labute approximate surface area is 188 Å². The third-order valence-electron chi connectivity index (χ3n) is 5.04. The molecule has 3 aromatic heterocycles. The zero-order valence-corrected chi connectivity index (χ0v) is 18.1. The van der Waals surface area contributed by atoms with E-state index in [0.29, 0.717) is 17.3 Å². The number of nitrogens with one attached hydrogen (secondary N) is 1. The zero-order valence-electron chi connectivity index (χ0n) is 17.3. The SMILES string of the molecule is COc1ccc(-c2cc3c4nnc(SCC(=O)NCc5ccccc5)n4ccn3n2)cc1. The van der Waals surface area contributed by atoms with Gasteiger partial charge in [0.15, 0.2) is 10.8 Å². The van der Waals surface area contributed by atoms with Crippen LogP contribution in [0.3, 0.4) is 0 Å². The number of rotatable bonds is 7. The number of hydrogen-bond donors (Lipinski definition) is 1. The molecule has 0 unspecified atom stereocenters. The number of thioether (sulfide) groups is 1. The smallest absolute Gasteiger partial charge is 0.230 e. The van der Waals surface area contributed by atoms with Crippen molar-refractivity contribution in [3.63, 3.8) is 0 Å². The van der Waals surface area contributed by atoms with E-state index in [1.54, 1.807) is 11.6 Å². The lowest BCUT2D eigenvalue weighted by Gasteiger charge is -2.04. The first-order chi connectivity index (χ1) is 15.7. The van der Waals surface area contributed by atoms with Crippen LogP contribution in [0.2, 0.25) is 0 Å². The second-order valence-corrected chi connectivity index (χ2v) is 8.06. The van der Waals surface area contributed by atoms with E-state index in [1.807, 2.05) is 77.5 Å². The molecule has 0 aliphatic rings. The summed E-state index contributed by atoms with van der Waals surface area (Å²) in [6.07, 6.45) is 3.72. The van der Waals surface area contributed by atoms with Crippen molar-refractivity contribution >= 4 is 28.8 Å². The summed E-state index contributed by atoms with van der Waals surface area (Å²) < 4.78 is 8.89. The predicted molar refractivity (Wildman–Crippen MR) is 123 cm³/mol. The molecular weight excluding hydrogens is 424 g/mol. The van der Waals surface area contributed by atoms with Crippen LogP contribution in [-0.4, -0.2) is 43.0 Å². The minimum Gasteiger partial charge on any atom is -0.497 e. The molecule has 1 amide bonds. The normalized spacial score (nSPS) is 11.2. The van der Waals surface area contributed by atoms with Gasteiger partial charge in [-0.15, -0.1) is 10.2 Å². The molecule has 0 atom stereocenters. The highest BCUT2D eigenvalue weighted by Crippen LogP contribution is 2.25. The molecule has 0 spiro atoms. The van der Waals surface area contributed by atoms with E-state index >= 15 is 0 Å². The van der Waals surface area contributed by atoms with Crippen molar-refractivity contribution in [3.8, 4) is 17.0 Å². The molecule has 32 heavy (non-hydrogen) atoms. The Morgan fingerprint density at radius 1 is 1.06 bits per heavy atom. The molecule has 8 nitrogen and oxygen atoms in total. The largest absolute Gasteiger partial charge is 0.497 e. The summed E-state index contributed by atoms with van der Waals surface area (Å²) in [5.74, 6) is 1.00. The fourth-order valence-electron chi connectivity index (χ4n) is 3.37. The van der Waals surface area contributed by atoms with Crippen LogP contribution in [0.5, 0.6) is 5.75 Å². The van der Waals surface area contributed by atoms with Crippen molar-refractivity contribution in [2.45, 2.75) is 11.7 Å². The molecule has 160 valence electrons. The Morgan fingerprint density at radius 3 is 2.66 bits per heavy atom. The number of fused-ring (bicyclic) bond motifs is 3. The predicted octanol–water partition coefficient (Wildman–Crippen LogP) is 3.46. The number of methoxy groups -OCH3 is 1. The van der Waals surface area contributed by atoms with Gasteiger partial charge in [0, 0.05) is 24.5 Å². The van der Waals surface area contributed by atoms with Crippen molar-refractivity contribution in [2.24, 2.45) is 0 Å². The van der Waals surface area contributed by atoms with Gasteiger partial charge in [0.1, 0.15) is 11.3 Å².